The molecule has 1 spiro atoms. The number of piperidine rings is 1. The van der Waals surface area contributed by atoms with Crippen LogP contribution < -0.4 is 0 Å². The Morgan fingerprint density at radius 3 is 2.76 bits per heavy atom. The monoisotopic (exact) mass is 392 g/mol. The second-order valence-corrected chi connectivity index (χ2v) is 10.2. The van der Waals surface area contributed by atoms with Crippen LogP contribution in [-0.2, 0) is 6.42 Å². The Bertz CT molecular complexity index is 808. The molecule has 6 bridgehead atoms. The molecule has 3 heteroatoms. The van der Waals surface area contributed by atoms with Crippen LogP contribution in [0.2, 0.25) is 0 Å². The van der Waals surface area contributed by atoms with Gasteiger partial charge in [0.2, 0.25) is 0 Å². The first-order chi connectivity index (χ1) is 14.4. The van der Waals surface area contributed by atoms with E-state index in [9.17, 15) is 0 Å². The molecule has 0 aromatic carbocycles. The van der Waals surface area contributed by atoms with Crippen molar-refractivity contribution in [2.24, 2.45) is 5.41 Å². The highest BCUT2D eigenvalue weighted by Gasteiger charge is 2.64. The highest BCUT2D eigenvalue weighted by atomic mass is 16.3. The Kier molecular flexibility index (Phi) is 4.72. The number of aryl methyl sites for hydroxylation is 1. The van der Waals surface area contributed by atoms with Gasteiger partial charge >= 0.3 is 0 Å². The third-order valence-corrected chi connectivity index (χ3v) is 8.52. The van der Waals surface area contributed by atoms with Gasteiger partial charge in [0.1, 0.15) is 11.5 Å². The van der Waals surface area contributed by atoms with Crippen molar-refractivity contribution in [2.75, 3.05) is 26.2 Å². The van der Waals surface area contributed by atoms with Crippen LogP contribution in [0.3, 0.4) is 0 Å². The smallest absolute Gasteiger partial charge is 0.125 e. The molecule has 2 saturated heterocycles. The number of rotatable bonds is 0. The fourth-order valence-corrected chi connectivity index (χ4v) is 7.32. The number of hydrogen-bond acceptors (Lipinski definition) is 3. The molecule has 7 heterocycles. The Hall–Kier alpha value is -1.32. The molecule has 156 valence electrons. The minimum absolute atomic E-state index is 0.378. The molecule has 8 rings (SSSR count). The zero-order valence-electron chi connectivity index (χ0n) is 17.8. The van der Waals surface area contributed by atoms with Gasteiger partial charge in [-0.1, -0.05) is 24.3 Å². The zero-order valence-corrected chi connectivity index (χ0v) is 17.8. The van der Waals surface area contributed by atoms with Crippen LogP contribution in [0, 0.1) is 5.41 Å². The SMILES string of the molecule is C1=CCCc2cc3c(o2)C2N4CCCCC=CC4CC24CN(CCCC1)CCC34. The van der Waals surface area contributed by atoms with E-state index in [0.29, 0.717) is 23.4 Å². The van der Waals surface area contributed by atoms with Crippen molar-refractivity contribution in [3.63, 3.8) is 0 Å². The maximum Gasteiger partial charge on any atom is 0.125 e. The third-order valence-electron chi connectivity index (χ3n) is 8.52. The van der Waals surface area contributed by atoms with E-state index in [1.165, 1.54) is 89.1 Å². The Balaban J connectivity index is 1.42. The minimum Gasteiger partial charge on any atom is -0.464 e. The van der Waals surface area contributed by atoms with E-state index < -0.39 is 0 Å². The Morgan fingerprint density at radius 2 is 1.79 bits per heavy atom. The number of nitrogens with zero attached hydrogens (tertiary/aromatic N) is 2. The van der Waals surface area contributed by atoms with E-state index >= 15 is 0 Å². The summed E-state index contributed by atoms with van der Waals surface area (Å²) in [7, 11) is 0. The molecule has 1 aliphatic carbocycles. The van der Waals surface area contributed by atoms with E-state index in [2.05, 4.69) is 40.2 Å². The molecule has 2 fully saturated rings. The summed E-state index contributed by atoms with van der Waals surface area (Å²) in [5.41, 5.74) is 1.97. The van der Waals surface area contributed by atoms with Gasteiger partial charge in [0.05, 0.1) is 6.04 Å². The molecule has 7 aliphatic rings. The molecule has 6 aliphatic heterocycles. The van der Waals surface area contributed by atoms with Crippen molar-refractivity contribution in [3.8, 4) is 0 Å². The predicted octanol–water partition coefficient (Wildman–Crippen LogP) is 5.60. The van der Waals surface area contributed by atoms with E-state index in [1.807, 2.05) is 0 Å². The van der Waals surface area contributed by atoms with E-state index in [4.69, 9.17) is 4.42 Å². The number of hydrogen-bond donors (Lipinski definition) is 0. The zero-order chi connectivity index (χ0) is 19.3. The van der Waals surface area contributed by atoms with E-state index in [-0.39, 0.29) is 0 Å². The van der Waals surface area contributed by atoms with Gasteiger partial charge in [-0.2, -0.15) is 0 Å². The summed E-state index contributed by atoms with van der Waals surface area (Å²) >= 11 is 0. The van der Waals surface area contributed by atoms with Crippen LogP contribution in [0.15, 0.2) is 34.8 Å². The largest absolute Gasteiger partial charge is 0.464 e. The molecular formula is C26H36N2O. The normalized spacial score (nSPS) is 39.6. The van der Waals surface area contributed by atoms with E-state index in [1.54, 1.807) is 5.56 Å². The molecular weight excluding hydrogens is 356 g/mol. The molecule has 3 nitrogen and oxygen atoms in total. The van der Waals surface area contributed by atoms with E-state index in [0.717, 1.165) is 12.8 Å². The Morgan fingerprint density at radius 1 is 0.931 bits per heavy atom. The lowest BCUT2D eigenvalue weighted by Crippen LogP contribution is -2.47. The fraction of sp³-hybridized carbons (Fsp3) is 0.692. The molecule has 5 unspecified atom stereocenters. The quantitative estimate of drug-likeness (QED) is 0.536. The second kappa shape index (κ2) is 7.42. The first kappa shape index (κ1) is 18.4. The summed E-state index contributed by atoms with van der Waals surface area (Å²) < 4.78 is 6.69. The standard InChI is InChI=1S/C26H36N2O/c1-2-5-9-14-27-16-13-23-22-17-21(12-8-3-1)29-24(22)25-26(23,19-27)18-20-11-7-4-6-10-15-28(20)25/h1,3,7,11,17,20,23,25H,2,4-6,8-10,12-16,18-19H2. The average Bonchev–Trinajstić information content (AvgIpc) is 3.29. The second-order valence-electron chi connectivity index (χ2n) is 10.2. The van der Waals surface area contributed by atoms with Gasteiger partial charge in [-0.05, 0) is 95.0 Å². The van der Waals surface area contributed by atoms with Crippen molar-refractivity contribution < 1.29 is 4.42 Å². The predicted molar refractivity (Wildman–Crippen MR) is 117 cm³/mol. The molecule has 0 N–H and O–H groups in total. The summed E-state index contributed by atoms with van der Waals surface area (Å²) in [4.78, 5) is 5.66. The van der Waals surface area contributed by atoms with Crippen molar-refractivity contribution in [1.82, 2.24) is 9.80 Å². The van der Waals surface area contributed by atoms with Gasteiger partial charge in [0.25, 0.3) is 0 Å². The van der Waals surface area contributed by atoms with Gasteiger partial charge in [-0.15, -0.1) is 0 Å². The third kappa shape index (κ3) is 2.99. The first-order valence-electron chi connectivity index (χ1n) is 12.3. The van der Waals surface area contributed by atoms with Crippen molar-refractivity contribution in [1.29, 1.82) is 0 Å². The van der Waals surface area contributed by atoms with Crippen LogP contribution in [0.4, 0.5) is 0 Å². The van der Waals surface area contributed by atoms with Crippen molar-refractivity contribution in [2.45, 2.75) is 82.2 Å². The summed E-state index contributed by atoms with van der Waals surface area (Å²) in [6, 6.07) is 3.59. The van der Waals surface area contributed by atoms with Gasteiger partial charge in [0, 0.05) is 24.4 Å². The molecule has 0 radical (unpaired) electrons. The van der Waals surface area contributed by atoms with Gasteiger partial charge in [0.15, 0.2) is 0 Å². The van der Waals surface area contributed by atoms with Crippen LogP contribution in [0.25, 0.3) is 0 Å². The summed E-state index contributed by atoms with van der Waals surface area (Å²) in [6.45, 7) is 5.07. The number of fused-ring (bicyclic) bond motifs is 2. The summed E-state index contributed by atoms with van der Waals surface area (Å²) in [6.07, 6.45) is 22.5. The lowest BCUT2D eigenvalue weighted by Gasteiger charge is -2.45. The molecule has 5 atom stereocenters. The van der Waals surface area contributed by atoms with Crippen LogP contribution in [0.1, 0.15) is 86.8 Å². The van der Waals surface area contributed by atoms with Gasteiger partial charge in [-0.3, -0.25) is 4.90 Å². The summed E-state index contributed by atoms with van der Waals surface area (Å²) in [5, 5.41) is 0. The molecule has 0 saturated carbocycles. The molecule has 29 heavy (non-hydrogen) atoms. The van der Waals surface area contributed by atoms with Crippen LogP contribution >= 0.6 is 0 Å². The number of furan rings is 1. The molecule has 0 amide bonds. The van der Waals surface area contributed by atoms with Gasteiger partial charge < -0.3 is 9.32 Å². The minimum atomic E-state index is 0.378. The highest BCUT2D eigenvalue weighted by molar-refractivity contribution is 5.42. The lowest BCUT2D eigenvalue weighted by molar-refractivity contribution is 0.0364. The fourth-order valence-electron chi connectivity index (χ4n) is 7.32. The maximum absolute atomic E-state index is 6.69. The topological polar surface area (TPSA) is 19.6 Å². The van der Waals surface area contributed by atoms with Gasteiger partial charge in [-0.25, -0.2) is 0 Å². The molecule has 1 aromatic rings. The van der Waals surface area contributed by atoms with Crippen LogP contribution in [0.5, 0.6) is 0 Å². The molecule has 1 aromatic heterocycles. The highest BCUT2D eigenvalue weighted by Crippen LogP contribution is 2.67. The average molecular weight is 393 g/mol. The Labute approximate surface area is 175 Å². The van der Waals surface area contributed by atoms with Crippen LogP contribution in [-0.4, -0.2) is 42.0 Å². The first-order valence-corrected chi connectivity index (χ1v) is 12.3. The maximum atomic E-state index is 6.69. The lowest BCUT2D eigenvalue weighted by atomic mass is 9.68. The summed E-state index contributed by atoms with van der Waals surface area (Å²) in [5.74, 6) is 3.30. The van der Waals surface area contributed by atoms with Crippen molar-refractivity contribution >= 4 is 0 Å². The van der Waals surface area contributed by atoms with Crippen molar-refractivity contribution in [3.05, 3.63) is 47.5 Å². The number of allylic oxidation sites excluding steroid dienone is 3.